The molecule has 226 valence electrons. The first-order valence-corrected chi connectivity index (χ1v) is 16.0. The van der Waals surface area contributed by atoms with Crippen LogP contribution in [0.25, 0.3) is 6.08 Å². The number of para-hydroxylation sites is 1. The smallest absolute Gasteiger partial charge is 0.271 e. The number of amides is 1. The zero-order valence-electron chi connectivity index (χ0n) is 24.3. The van der Waals surface area contributed by atoms with Crippen LogP contribution < -0.4 is 29.7 Å². The second kappa shape index (κ2) is 13.3. The second-order valence-corrected chi connectivity index (χ2v) is 12.6. The molecule has 1 N–H and O–H groups in total. The third-order valence-electron chi connectivity index (χ3n) is 7.28. The Bertz CT molecular complexity index is 2090. The number of allylic oxidation sites excluding steroid dienone is 1. The third kappa shape index (κ3) is 6.66. The molecular weight excluding hydrogens is 674 g/mol. The lowest BCUT2D eigenvalue weighted by Gasteiger charge is -2.25. The molecule has 0 bridgehead atoms. The van der Waals surface area contributed by atoms with Crippen molar-refractivity contribution < 1.29 is 14.3 Å². The number of benzene rings is 4. The van der Waals surface area contributed by atoms with Crippen LogP contribution in [0, 0.1) is 0 Å². The minimum absolute atomic E-state index is 0.259. The van der Waals surface area contributed by atoms with E-state index in [0.29, 0.717) is 49.4 Å². The standard InChI is InChI=1S/C35H27BrClN3O4S/c1-21-31(33(41)39-27-6-4-3-5-7-27)32(24-11-15-26(37)16-12-24)40-34(42)30(45-35(40)38-21)19-23-10-17-28(29(18-23)43-2)44-20-22-8-13-25(36)14-9-22/h3-19,32H,20H2,1-2H3,(H,39,41)/b30-19-/t32-/m1/s1. The minimum atomic E-state index is -0.701. The number of hydrogen-bond acceptors (Lipinski definition) is 6. The van der Waals surface area contributed by atoms with E-state index >= 15 is 0 Å². The van der Waals surface area contributed by atoms with Crippen LogP contribution >= 0.6 is 38.9 Å². The Labute approximate surface area is 276 Å². The van der Waals surface area contributed by atoms with Gasteiger partial charge in [-0.15, -0.1) is 0 Å². The molecule has 0 spiro atoms. The highest BCUT2D eigenvalue weighted by atomic mass is 79.9. The molecule has 5 aromatic rings. The molecule has 45 heavy (non-hydrogen) atoms. The van der Waals surface area contributed by atoms with Crippen LogP contribution in [0.15, 0.2) is 123 Å². The summed E-state index contributed by atoms with van der Waals surface area (Å²) in [5.74, 6) is 0.801. The highest BCUT2D eigenvalue weighted by Gasteiger charge is 2.32. The van der Waals surface area contributed by atoms with Crippen molar-refractivity contribution in [3.8, 4) is 11.5 Å². The summed E-state index contributed by atoms with van der Waals surface area (Å²) in [6, 6.07) is 29.1. The first-order valence-electron chi connectivity index (χ1n) is 14.0. The maximum atomic E-state index is 14.0. The fraction of sp³-hybridized carbons (Fsp3) is 0.114. The van der Waals surface area contributed by atoms with Gasteiger partial charge in [0.05, 0.1) is 29.0 Å². The molecule has 1 aliphatic heterocycles. The van der Waals surface area contributed by atoms with Crippen LogP contribution in [-0.4, -0.2) is 17.6 Å². The molecule has 0 aliphatic carbocycles. The van der Waals surface area contributed by atoms with Crippen LogP contribution in [0.2, 0.25) is 5.02 Å². The molecule has 1 aromatic heterocycles. The van der Waals surface area contributed by atoms with E-state index in [0.717, 1.165) is 21.2 Å². The third-order valence-corrected chi connectivity index (χ3v) is 9.04. The van der Waals surface area contributed by atoms with Gasteiger partial charge in [-0.1, -0.05) is 87.4 Å². The maximum Gasteiger partial charge on any atom is 0.271 e. The summed E-state index contributed by atoms with van der Waals surface area (Å²) in [7, 11) is 1.58. The monoisotopic (exact) mass is 699 g/mol. The minimum Gasteiger partial charge on any atom is -0.493 e. The van der Waals surface area contributed by atoms with E-state index in [-0.39, 0.29) is 11.5 Å². The fourth-order valence-electron chi connectivity index (χ4n) is 5.08. The number of aromatic nitrogens is 1. The molecule has 0 saturated heterocycles. The molecule has 0 radical (unpaired) electrons. The van der Waals surface area contributed by atoms with E-state index in [4.69, 9.17) is 26.1 Å². The molecule has 2 heterocycles. The molecule has 1 atom stereocenters. The molecule has 10 heteroatoms. The summed E-state index contributed by atoms with van der Waals surface area (Å²) in [6.45, 7) is 2.17. The van der Waals surface area contributed by atoms with Crippen LogP contribution in [0.1, 0.15) is 29.7 Å². The summed E-state index contributed by atoms with van der Waals surface area (Å²) in [5.41, 5.74) is 3.83. The van der Waals surface area contributed by atoms with Crippen molar-refractivity contribution in [1.29, 1.82) is 0 Å². The summed E-state index contributed by atoms with van der Waals surface area (Å²) in [4.78, 5) is 33.0. The lowest BCUT2D eigenvalue weighted by Crippen LogP contribution is -2.40. The van der Waals surface area contributed by atoms with Crippen molar-refractivity contribution in [1.82, 2.24) is 4.57 Å². The zero-order valence-corrected chi connectivity index (χ0v) is 27.4. The SMILES string of the molecule is COc1cc(/C=c2\sc3n(c2=O)[C@H](c2ccc(Cl)cc2)C(C(=O)Nc2ccccc2)=C(C)N=3)ccc1OCc1ccc(Br)cc1. The Morgan fingerprint density at radius 1 is 1.02 bits per heavy atom. The predicted octanol–water partition coefficient (Wildman–Crippen LogP) is 6.88. The summed E-state index contributed by atoms with van der Waals surface area (Å²) >= 11 is 10.9. The number of ether oxygens (including phenoxy) is 2. The van der Waals surface area contributed by atoms with Crippen molar-refractivity contribution in [3.05, 3.63) is 154 Å². The molecule has 7 nitrogen and oxygen atoms in total. The van der Waals surface area contributed by atoms with Crippen LogP contribution in [0.3, 0.4) is 0 Å². The number of carbonyl (C=O) groups excluding carboxylic acids is 1. The number of carbonyl (C=O) groups is 1. The lowest BCUT2D eigenvalue weighted by molar-refractivity contribution is -0.113. The number of nitrogens with one attached hydrogen (secondary N) is 1. The van der Waals surface area contributed by atoms with E-state index in [1.807, 2.05) is 84.9 Å². The predicted molar refractivity (Wildman–Crippen MR) is 182 cm³/mol. The highest BCUT2D eigenvalue weighted by Crippen LogP contribution is 2.32. The molecule has 1 amide bonds. The topological polar surface area (TPSA) is 81.9 Å². The average Bonchev–Trinajstić information content (AvgIpc) is 3.34. The van der Waals surface area contributed by atoms with Crippen LogP contribution in [-0.2, 0) is 11.4 Å². The van der Waals surface area contributed by atoms with E-state index in [2.05, 4.69) is 21.2 Å². The van der Waals surface area contributed by atoms with Gasteiger partial charge in [0.15, 0.2) is 16.3 Å². The fourth-order valence-corrected chi connectivity index (χ4v) is 6.52. The van der Waals surface area contributed by atoms with Crippen molar-refractivity contribution in [2.45, 2.75) is 19.6 Å². The molecule has 0 saturated carbocycles. The largest absolute Gasteiger partial charge is 0.493 e. The lowest BCUT2D eigenvalue weighted by atomic mass is 9.95. The number of thiazole rings is 1. The molecule has 0 fully saturated rings. The Kier molecular flexibility index (Phi) is 9.02. The summed E-state index contributed by atoms with van der Waals surface area (Å²) in [5, 5.41) is 3.52. The molecule has 6 rings (SSSR count). The Morgan fingerprint density at radius 3 is 2.47 bits per heavy atom. The van der Waals surface area contributed by atoms with Gasteiger partial charge < -0.3 is 14.8 Å². The quantitative estimate of drug-likeness (QED) is 0.192. The van der Waals surface area contributed by atoms with Gasteiger partial charge >= 0.3 is 0 Å². The van der Waals surface area contributed by atoms with E-state index in [1.165, 1.54) is 11.3 Å². The molecule has 1 aliphatic rings. The van der Waals surface area contributed by atoms with Gasteiger partial charge in [-0.25, -0.2) is 4.99 Å². The van der Waals surface area contributed by atoms with Crippen molar-refractivity contribution in [2.75, 3.05) is 12.4 Å². The van der Waals surface area contributed by atoms with E-state index in [1.54, 1.807) is 36.8 Å². The number of anilines is 1. The van der Waals surface area contributed by atoms with Gasteiger partial charge in [0.2, 0.25) is 0 Å². The van der Waals surface area contributed by atoms with Gasteiger partial charge in [0.25, 0.3) is 11.5 Å². The van der Waals surface area contributed by atoms with Gasteiger partial charge in [-0.05, 0) is 78.2 Å². The number of nitrogens with zero attached hydrogens (tertiary/aromatic N) is 2. The Morgan fingerprint density at radius 2 is 1.76 bits per heavy atom. The maximum absolute atomic E-state index is 14.0. The number of fused-ring (bicyclic) bond motifs is 1. The Hall–Kier alpha value is -4.44. The van der Waals surface area contributed by atoms with Crippen molar-refractivity contribution in [2.24, 2.45) is 4.99 Å². The summed E-state index contributed by atoms with van der Waals surface area (Å²) in [6.07, 6.45) is 1.80. The van der Waals surface area contributed by atoms with E-state index < -0.39 is 6.04 Å². The number of hydrogen-bond donors (Lipinski definition) is 1. The Balaban J connectivity index is 1.37. The summed E-state index contributed by atoms with van der Waals surface area (Å²) < 4.78 is 14.7. The van der Waals surface area contributed by atoms with Crippen LogP contribution in [0.4, 0.5) is 5.69 Å². The normalized spacial score (nSPS) is 14.5. The number of methoxy groups -OCH3 is 1. The van der Waals surface area contributed by atoms with E-state index in [9.17, 15) is 9.59 Å². The van der Waals surface area contributed by atoms with Crippen LogP contribution in [0.5, 0.6) is 11.5 Å². The zero-order chi connectivity index (χ0) is 31.5. The second-order valence-electron chi connectivity index (χ2n) is 10.3. The van der Waals surface area contributed by atoms with Gasteiger partial charge in [-0.3, -0.25) is 14.2 Å². The molecular formula is C35H27BrClN3O4S. The van der Waals surface area contributed by atoms with Gasteiger partial charge in [0, 0.05) is 15.2 Å². The van der Waals surface area contributed by atoms with Crippen molar-refractivity contribution in [3.63, 3.8) is 0 Å². The average molecular weight is 701 g/mol. The number of halogens is 2. The molecule has 4 aromatic carbocycles. The van der Waals surface area contributed by atoms with Crippen molar-refractivity contribution >= 4 is 56.5 Å². The number of rotatable bonds is 8. The van der Waals surface area contributed by atoms with Gasteiger partial charge in [0.1, 0.15) is 6.61 Å². The first-order chi connectivity index (χ1) is 21.8. The van der Waals surface area contributed by atoms with Gasteiger partial charge in [-0.2, -0.15) is 0 Å². The molecule has 0 unspecified atom stereocenters. The first kappa shape index (κ1) is 30.6. The highest BCUT2D eigenvalue weighted by molar-refractivity contribution is 9.10.